The zero-order valence-corrected chi connectivity index (χ0v) is 29.8. The fourth-order valence-corrected chi connectivity index (χ4v) is 9.55. The molecule has 1 heterocycles. The second-order valence-electron chi connectivity index (χ2n) is 15.1. The van der Waals surface area contributed by atoms with E-state index in [1.807, 2.05) is 18.2 Å². The van der Waals surface area contributed by atoms with Crippen molar-refractivity contribution in [3.63, 3.8) is 0 Å². The van der Waals surface area contributed by atoms with Crippen molar-refractivity contribution in [1.29, 1.82) is 0 Å². The van der Waals surface area contributed by atoms with Crippen molar-refractivity contribution < 1.29 is 29.9 Å². The van der Waals surface area contributed by atoms with Gasteiger partial charge >= 0.3 is 0 Å². The molecule has 6 heteroatoms. The number of furan rings is 1. The minimum absolute atomic E-state index is 0.161. The zero-order valence-electron chi connectivity index (χ0n) is 29.8. The van der Waals surface area contributed by atoms with E-state index in [2.05, 4.69) is 111 Å². The Morgan fingerprint density at radius 1 is 0.400 bits per heavy atom. The number of fused-ring (bicyclic) bond motifs is 6. The first-order valence-electron chi connectivity index (χ1n) is 18.2. The summed E-state index contributed by atoms with van der Waals surface area (Å²) < 4.78 is 6.44. The van der Waals surface area contributed by atoms with Gasteiger partial charge in [-0.15, -0.1) is 0 Å². The van der Waals surface area contributed by atoms with Crippen LogP contribution in [0.3, 0.4) is 0 Å². The summed E-state index contributed by atoms with van der Waals surface area (Å²) in [6, 6.07) is 44.3. The first-order valence-corrected chi connectivity index (χ1v) is 18.2. The van der Waals surface area contributed by atoms with Gasteiger partial charge in [0, 0.05) is 21.8 Å². The lowest BCUT2D eigenvalue weighted by atomic mass is 9.78. The smallest absolute Gasteiger partial charge is 0.208 e. The average molecular weight is 717 g/mol. The van der Waals surface area contributed by atoms with Gasteiger partial charge in [-0.25, -0.2) is 0 Å². The van der Waals surface area contributed by atoms with Crippen LogP contribution in [-0.2, 0) is 5.41 Å². The molecule has 0 unspecified atom stereocenters. The second-order valence-corrected chi connectivity index (χ2v) is 15.1. The largest absolute Gasteiger partial charge is 0.504 e. The molecule has 5 N–H and O–H groups in total. The van der Waals surface area contributed by atoms with Crippen LogP contribution in [0.5, 0.6) is 28.7 Å². The van der Waals surface area contributed by atoms with Gasteiger partial charge in [-0.1, -0.05) is 135 Å². The first-order chi connectivity index (χ1) is 26.6. The van der Waals surface area contributed by atoms with Gasteiger partial charge in [0.25, 0.3) is 0 Å². The van der Waals surface area contributed by atoms with Crippen molar-refractivity contribution in [1.82, 2.24) is 0 Å². The molecule has 6 nitrogen and oxygen atoms in total. The summed E-state index contributed by atoms with van der Waals surface area (Å²) in [6.45, 7) is 4.66. The molecule has 0 bridgehead atoms. The van der Waals surface area contributed by atoms with Crippen LogP contribution >= 0.6 is 0 Å². The zero-order chi connectivity index (χ0) is 37.5. The number of para-hydroxylation sites is 1. The highest BCUT2D eigenvalue weighted by atomic mass is 16.4. The number of hydrogen-bond donors (Lipinski definition) is 5. The molecule has 10 aromatic rings. The molecule has 11 rings (SSSR count). The Morgan fingerprint density at radius 3 is 1.60 bits per heavy atom. The fraction of sp³-hybridized carbons (Fsp3) is 0.0612. The second kappa shape index (κ2) is 10.7. The summed E-state index contributed by atoms with van der Waals surface area (Å²) in [7, 11) is 0. The Kier molecular flexibility index (Phi) is 6.10. The summed E-state index contributed by atoms with van der Waals surface area (Å²) in [5.41, 5.74) is 10.4. The molecule has 0 atom stereocenters. The van der Waals surface area contributed by atoms with Crippen molar-refractivity contribution in [2.75, 3.05) is 0 Å². The maximum absolute atomic E-state index is 10.8. The summed E-state index contributed by atoms with van der Waals surface area (Å²) in [5.74, 6) is -4.45. The lowest BCUT2D eigenvalue weighted by Gasteiger charge is -2.25. The van der Waals surface area contributed by atoms with E-state index < -0.39 is 28.7 Å². The standard InChI is InChI=1S/C49H32O6/c1-49(2)36-14-4-3-8-28(36)33-11-5-10-32(42(33)49)27-21-17-25-18-22-30-26(20-16-24-19-23-31(27)39(25)38(24)30)29-9-7-15-37-40(29)34-12-6-13-35(48(34)55-37)41-43(50)45(52)47(54)46(53)44(41)51/h3-23,50-54H,1-2H3. The van der Waals surface area contributed by atoms with Gasteiger partial charge < -0.3 is 29.9 Å². The molecule has 1 aliphatic rings. The van der Waals surface area contributed by atoms with Crippen molar-refractivity contribution in [2.45, 2.75) is 19.3 Å². The number of rotatable bonds is 3. The Bertz CT molecular complexity index is 3270. The maximum Gasteiger partial charge on any atom is 0.208 e. The van der Waals surface area contributed by atoms with Gasteiger partial charge in [0.15, 0.2) is 11.5 Å². The van der Waals surface area contributed by atoms with Gasteiger partial charge in [-0.05, 0) is 82.9 Å². The minimum atomic E-state index is -1.01. The first kappa shape index (κ1) is 31.4. The topological polar surface area (TPSA) is 114 Å². The summed E-state index contributed by atoms with van der Waals surface area (Å²) in [4.78, 5) is 0. The van der Waals surface area contributed by atoms with Gasteiger partial charge in [-0.3, -0.25) is 0 Å². The Labute approximate surface area is 314 Å². The van der Waals surface area contributed by atoms with E-state index in [0.29, 0.717) is 16.6 Å². The van der Waals surface area contributed by atoms with Crippen LogP contribution in [0.15, 0.2) is 132 Å². The monoisotopic (exact) mass is 716 g/mol. The van der Waals surface area contributed by atoms with Crippen LogP contribution in [0.4, 0.5) is 0 Å². The third-order valence-corrected chi connectivity index (χ3v) is 12.0. The molecule has 0 spiro atoms. The van der Waals surface area contributed by atoms with E-state index in [9.17, 15) is 25.5 Å². The highest BCUT2D eigenvalue weighted by Crippen LogP contribution is 2.57. The van der Waals surface area contributed by atoms with Gasteiger partial charge in [0.05, 0.1) is 5.56 Å². The van der Waals surface area contributed by atoms with E-state index in [-0.39, 0.29) is 16.5 Å². The van der Waals surface area contributed by atoms with E-state index in [0.717, 1.165) is 27.3 Å². The SMILES string of the molecule is CC1(C)c2ccccc2-c2cccc(-c3ccc4ccc5c(-c6cccc7oc8c(-c9c(O)c(O)c(O)c(O)c9O)cccc8c67)ccc6ccc3c4c65)c21. The van der Waals surface area contributed by atoms with Gasteiger partial charge in [0.1, 0.15) is 11.2 Å². The number of aromatic hydroxyl groups is 5. The molecule has 264 valence electrons. The molecular formula is C49H32O6. The predicted octanol–water partition coefficient (Wildman–Crippen LogP) is 12.3. The maximum atomic E-state index is 10.8. The average Bonchev–Trinajstić information content (AvgIpc) is 3.71. The van der Waals surface area contributed by atoms with Crippen LogP contribution in [0, 0.1) is 0 Å². The Morgan fingerprint density at radius 2 is 0.909 bits per heavy atom. The van der Waals surface area contributed by atoms with E-state index in [1.54, 1.807) is 12.1 Å². The van der Waals surface area contributed by atoms with Gasteiger partial charge in [0.2, 0.25) is 17.2 Å². The molecule has 0 saturated carbocycles. The molecule has 0 fully saturated rings. The predicted molar refractivity (Wildman–Crippen MR) is 220 cm³/mol. The van der Waals surface area contributed by atoms with Crippen LogP contribution in [0.25, 0.3) is 98.8 Å². The third-order valence-electron chi connectivity index (χ3n) is 12.0. The Hall–Kier alpha value is -7.18. The number of phenolic OH excluding ortho intramolecular Hbond substituents is 5. The lowest BCUT2D eigenvalue weighted by molar-refractivity contribution is 0.330. The van der Waals surface area contributed by atoms with E-state index >= 15 is 0 Å². The number of hydrogen-bond acceptors (Lipinski definition) is 6. The van der Waals surface area contributed by atoms with Crippen LogP contribution in [-0.4, -0.2) is 25.5 Å². The molecule has 9 aromatic carbocycles. The van der Waals surface area contributed by atoms with Crippen molar-refractivity contribution in [2.24, 2.45) is 0 Å². The summed E-state index contributed by atoms with van der Waals surface area (Å²) in [5, 5.41) is 61.0. The van der Waals surface area contributed by atoms with Crippen LogP contribution in [0.2, 0.25) is 0 Å². The van der Waals surface area contributed by atoms with Crippen molar-refractivity contribution in [3.8, 4) is 73.3 Å². The molecule has 55 heavy (non-hydrogen) atoms. The molecule has 0 amide bonds. The highest BCUT2D eigenvalue weighted by molar-refractivity contribution is 6.29. The quantitative estimate of drug-likeness (QED) is 0.0706. The van der Waals surface area contributed by atoms with Crippen molar-refractivity contribution >= 4 is 54.3 Å². The fourth-order valence-electron chi connectivity index (χ4n) is 9.55. The van der Waals surface area contributed by atoms with Crippen molar-refractivity contribution in [3.05, 3.63) is 139 Å². The molecule has 1 aromatic heterocycles. The molecule has 0 saturated heterocycles. The number of benzene rings is 9. The Balaban J connectivity index is 1.16. The van der Waals surface area contributed by atoms with E-state index in [4.69, 9.17) is 4.42 Å². The molecular weight excluding hydrogens is 685 g/mol. The van der Waals surface area contributed by atoms with Crippen LogP contribution < -0.4 is 0 Å². The summed E-state index contributed by atoms with van der Waals surface area (Å²) in [6.07, 6.45) is 0. The summed E-state index contributed by atoms with van der Waals surface area (Å²) >= 11 is 0. The van der Waals surface area contributed by atoms with Crippen LogP contribution in [0.1, 0.15) is 25.0 Å². The van der Waals surface area contributed by atoms with E-state index in [1.165, 1.54) is 54.9 Å². The normalized spacial score (nSPS) is 13.4. The minimum Gasteiger partial charge on any atom is -0.504 e. The molecule has 0 aliphatic heterocycles. The lowest BCUT2D eigenvalue weighted by Crippen LogP contribution is -2.16. The molecule has 0 radical (unpaired) electrons. The highest BCUT2D eigenvalue weighted by Gasteiger charge is 2.37. The number of phenols is 5. The third kappa shape index (κ3) is 3.98. The molecule has 1 aliphatic carbocycles. The van der Waals surface area contributed by atoms with Gasteiger partial charge in [-0.2, -0.15) is 0 Å².